The second kappa shape index (κ2) is 7.52. The van der Waals surface area contributed by atoms with Gasteiger partial charge in [-0.1, -0.05) is 74.0 Å². The maximum Gasteiger partial charge on any atom is 0.230 e. The van der Waals surface area contributed by atoms with Gasteiger partial charge in [-0.05, 0) is 31.0 Å². The van der Waals surface area contributed by atoms with E-state index in [1.54, 1.807) is 6.20 Å². The second-order valence-electron chi connectivity index (χ2n) is 7.24. The van der Waals surface area contributed by atoms with Gasteiger partial charge in [-0.2, -0.15) is 0 Å². The molecule has 0 atom stereocenters. The van der Waals surface area contributed by atoms with Gasteiger partial charge in [0.05, 0.1) is 11.2 Å². The van der Waals surface area contributed by atoms with Crippen molar-refractivity contribution < 1.29 is 4.79 Å². The number of amides is 1. The van der Waals surface area contributed by atoms with Crippen molar-refractivity contribution in [3.63, 3.8) is 0 Å². The van der Waals surface area contributed by atoms with Crippen LogP contribution >= 0.6 is 0 Å². The van der Waals surface area contributed by atoms with Gasteiger partial charge in [0, 0.05) is 17.0 Å². The third kappa shape index (κ3) is 4.17. The molecule has 0 saturated carbocycles. The maximum absolute atomic E-state index is 12.8. The van der Waals surface area contributed by atoms with E-state index in [1.807, 2.05) is 50.2 Å². The quantitative estimate of drug-likeness (QED) is 0.653. The molecule has 0 aliphatic rings. The van der Waals surface area contributed by atoms with E-state index < -0.39 is 5.41 Å². The SMILES string of the molecule is Cc1cccc(/C=C/CC(C)(C)C(=O)Nc2cccc3cccnc23)c1. The van der Waals surface area contributed by atoms with E-state index >= 15 is 0 Å². The summed E-state index contributed by atoms with van der Waals surface area (Å²) in [5.74, 6) is -0.00968. The minimum Gasteiger partial charge on any atom is -0.324 e. The zero-order valence-corrected chi connectivity index (χ0v) is 15.5. The molecule has 0 saturated heterocycles. The number of hydrogen-bond donors (Lipinski definition) is 1. The van der Waals surface area contributed by atoms with Crippen LogP contribution in [0.2, 0.25) is 0 Å². The lowest BCUT2D eigenvalue weighted by molar-refractivity contribution is -0.123. The van der Waals surface area contributed by atoms with Crippen molar-refractivity contribution >= 4 is 28.6 Å². The van der Waals surface area contributed by atoms with Gasteiger partial charge in [-0.25, -0.2) is 0 Å². The van der Waals surface area contributed by atoms with Crippen LogP contribution < -0.4 is 5.32 Å². The van der Waals surface area contributed by atoms with E-state index in [-0.39, 0.29) is 5.91 Å². The first-order valence-corrected chi connectivity index (χ1v) is 8.84. The van der Waals surface area contributed by atoms with Crippen LogP contribution in [0, 0.1) is 12.3 Å². The average molecular weight is 344 g/mol. The largest absolute Gasteiger partial charge is 0.324 e. The number of aromatic nitrogens is 1. The molecule has 0 spiro atoms. The number of aryl methyl sites for hydroxylation is 1. The van der Waals surface area contributed by atoms with Crippen LogP contribution in [-0.2, 0) is 4.79 Å². The highest BCUT2D eigenvalue weighted by Crippen LogP contribution is 2.27. The van der Waals surface area contributed by atoms with Gasteiger partial charge in [-0.3, -0.25) is 9.78 Å². The van der Waals surface area contributed by atoms with Crippen LogP contribution in [0.3, 0.4) is 0 Å². The van der Waals surface area contributed by atoms with Gasteiger partial charge in [0.2, 0.25) is 5.91 Å². The molecule has 3 heteroatoms. The van der Waals surface area contributed by atoms with Crippen molar-refractivity contribution in [3.8, 4) is 0 Å². The molecule has 132 valence electrons. The number of carbonyl (C=O) groups is 1. The summed E-state index contributed by atoms with van der Waals surface area (Å²) in [6.45, 7) is 6.00. The van der Waals surface area contributed by atoms with Gasteiger partial charge in [0.15, 0.2) is 0 Å². The molecule has 1 heterocycles. The van der Waals surface area contributed by atoms with Crippen molar-refractivity contribution in [2.24, 2.45) is 5.41 Å². The van der Waals surface area contributed by atoms with Gasteiger partial charge in [-0.15, -0.1) is 0 Å². The first-order valence-electron chi connectivity index (χ1n) is 8.84. The Morgan fingerprint density at radius 3 is 2.69 bits per heavy atom. The highest BCUT2D eigenvalue weighted by molar-refractivity contribution is 6.02. The van der Waals surface area contributed by atoms with Crippen LogP contribution in [-0.4, -0.2) is 10.9 Å². The normalized spacial score (nSPS) is 11.8. The van der Waals surface area contributed by atoms with Crippen molar-refractivity contribution in [2.45, 2.75) is 27.2 Å². The zero-order valence-electron chi connectivity index (χ0n) is 15.5. The number of carbonyl (C=O) groups excluding carboxylic acids is 1. The summed E-state index contributed by atoms with van der Waals surface area (Å²) >= 11 is 0. The predicted molar refractivity (Wildman–Crippen MR) is 109 cm³/mol. The van der Waals surface area contributed by atoms with E-state index in [2.05, 4.69) is 47.6 Å². The number of nitrogens with one attached hydrogen (secondary N) is 1. The molecule has 26 heavy (non-hydrogen) atoms. The monoisotopic (exact) mass is 344 g/mol. The minimum atomic E-state index is -0.517. The zero-order chi connectivity index (χ0) is 18.6. The van der Waals surface area contributed by atoms with Gasteiger partial charge in [0.25, 0.3) is 0 Å². The number of rotatable bonds is 5. The first-order chi connectivity index (χ1) is 12.5. The second-order valence-corrected chi connectivity index (χ2v) is 7.24. The molecule has 0 unspecified atom stereocenters. The molecule has 0 radical (unpaired) electrons. The molecule has 3 nitrogen and oxygen atoms in total. The van der Waals surface area contributed by atoms with E-state index in [1.165, 1.54) is 5.56 Å². The number of nitrogens with zero attached hydrogens (tertiary/aromatic N) is 1. The summed E-state index contributed by atoms with van der Waals surface area (Å²) < 4.78 is 0. The Kier molecular flexibility index (Phi) is 5.17. The number of anilines is 1. The highest BCUT2D eigenvalue weighted by atomic mass is 16.2. The number of hydrogen-bond acceptors (Lipinski definition) is 2. The summed E-state index contributed by atoms with van der Waals surface area (Å²) in [7, 11) is 0. The van der Waals surface area contributed by atoms with Crippen LogP contribution in [0.15, 0.2) is 66.9 Å². The predicted octanol–water partition coefficient (Wildman–Crippen LogP) is 5.61. The lowest BCUT2D eigenvalue weighted by Gasteiger charge is -2.22. The number of fused-ring (bicyclic) bond motifs is 1. The molecule has 1 N–H and O–H groups in total. The maximum atomic E-state index is 12.8. The van der Waals surface area contributed by atoms with Gasteiger partial charge >= 0.3 is 0 Å². The topological polar surface area (TPSA) is 42.0 Å². The number of benzene rings is 2. The number of para-hydroxylation sites is 1. The number of pyridine rings is 1. The standard InChI is InChI=1S/C23H24N2O/c1-17-8-4-9-18(16-17)10-6-14-23(2,3)22(26)25-20-13-5-11-19-12-7-15-24-21(19)20/h4-13,15-16H,14H2,1-3H3,(H,25,26)/b10-6+. The summed E-state index contributed by atoms with van der Waals surface area (Å²) in [5.41, 5.74) is 3.43. The van der Waals surface area contributed by atoms with E-state index in [0.717, 1.165) is 22.2 Å². The van der Waals surface area contributed by atoms with Crippen molar-refractivity contribution in [3.05, 3.63) is 78.0 Å². The van der Waals surface area contributed by atoms with Crippen LogP contribution in [0.4, 0.5) is 5.69 Å². The molecule has 0 aliphatic carbocycles. The Hall–Kier alpha value is -2.94. The third-order valence-corrected chi connectivity index (χ3v) is 4.48. The smallest absolute Gasteiger partial charge is 0.230 e. The average Bonchev–Trinajstić information content (AvgIpc) is 2.62. The molecule has 3 aromatic rings. The third-order valence-electron chi connectivity index (χ3n) is 4.48. The Morgan fingerprint density at radius 2 is 1.88 bits per heavy atom. The van der Waals surface area contributed by atoms with Crippen molar-refractivity contribution in [1.29, 1.82) is 0 Å². The van der Waals surface area contributed by atoms with Crippen LogP contribution in [0.5, 0.6) is 0 Å². The molecule has 0 bridgehead atoms. The Balaban J connectivity index is 1.71. The van der Waals surface area contributed by atoms with E-state index in [9.17, 15) is 4.79 Å². The lowest BCUT2D eigenvalue weighted by Crippen LogP contribution is -2.30. The van der Waals surface area contributed by atoms with Crippen LogP contribution in [0.1, 0.15) is 31.4 Å². The first kappa shape index (κ1) is 17.9. The highest BCUT2D eigenvalue weighted by Gasteiger charge is 2.26. The minimum absolute atomic E-state index is 0.00968. The van der Waals surface area contributed by atoms with E-state index in [0.29, 0.717) is 6.42 Å². The Labute approximate surface area is 154 Å². The van der Waals surface area contributed by atoms with Crippen molar-refractivity contribution in [1.82, 2.24) is 4.98 Å². The fourth-order valence-electron chi connectivity index (χ4n) is 2.85. The Bertz CT molecular complexity index is 952. The lowest BCUT2D eigenvalue weighted by atomic mass is 9.87. The Morgan fingerprint density at radius 1 is 1.12 bits per heavy atom. The molecule has 1 aromatic heterocycles. The fourth-order valence-corrected chi connectivity index (χ4v) is 2.85. The molecular formula is C23H24N2O. The fraction of sp³-hybridized carbons (Fsp3) is 0.217. The molecule has 1 amide bonds. The summed E-state index contributed by atoms with van der Waals surface area (Å²) in [6, 6.07) is 18.0. The molecule has 0 aliphatic heterocycles. The summed E-state index contributed by atoms with van der Waals surface area (Å²) in [5, 5.41) is 4.06. The van der Waals surface area contributed by atoms with Gasteiger partial charge in [0.1, 0.15) is 0 Å². The number of allylic oxidation sites excluding steroid dienone is 1. The van der Waals surface area contributed by atoms with Gasteiger partial charge < -0.3 is 5.32 Å². The molecule has 2 aromatic carbocycles. The van der Waals surface area contributed by atoms with Crippen LogP contribution in [0.25, 0.3) is 17.0 Å². The van der Waals surface area contributed by atoms with Crippen molar-refractivity contribution in [2.75, 3.05) is 5.32 Å². The molecular weight excluding hydrogens is 320 g/mol. The van der Waals surface area contributed by atoms with E-state index in [4.69, 9.17) is 0 Å². The molecule has 0 fully saturated rings. The summed E-state index contributed by atoms with van der Waals surface area (Å²) in [6.07, 6.45) is 6.54. The summed E-state index contributed by atoms with van der Waals surface area (Å²) in [4.78, 5) is 17.2. The molecule has 3 rings (SSSR count).